The van der Waals surface area contributed by atoms with E-state index in [-0.39, 0.29) is 5.97 Å². The van der Waals surface area contributed by atoms with Crippen molar-refractivity contribution >= 4 is 29.5 Å². The SMILES string of the molecule is C=Cc1sc(-c2ccc(OCCCCCCOC(=O)C(=C)C)cc2)nc1/C=C\C. The molecule has 0 atom stereocenters. The number of benzene rings is 1. The molecular formula is C24H29NO3S. The molecule has 0 unspecified atom stereocenters. The summed E-state index contributed by atoms with van der Waals surface area (Å²) in [6, 6.07) is 8.04. The Morgan fingerprint density at radius 3 is 2.45 bits per heavy atom. The Balaban J connectivity index is 1.71. The lowest BCUT2D eigenvalue weighted by Gasteiger charge is -2.07. The molecule has 4 nitrogen and oxygen atoms in total. The van der Waals surface area contributed by atoms with Gasteiger partial charge < -0.3 is 9.47 Å². The van der Waals surface area contributed by atoms with Crippen molar-refractivity contribution in [3.63, 3.8) is 0 Å². The Bertz CT molecular complexity index is 850. The quantitative estimate of drug-likeness (QED) is 0.226. The maximum atomic E-state index is 11.3. The molecule has 0 fully saturated rings. The second kappa shape index (κ2) is 12.0. The van der Waals surface area contributed by atoms with Gasteiger partial charge in [0, 0.05) is 11.1 Å². The standard InChI is InChI=1S/C24H29NO3S/c1-5-11-21-22(6-2)29-23(25-21)19-12-14-20(15-13-19)27-16-9-7-8-10-17-28-24(26)18(3)4/h5-6,11-15H,2-3,7-10,16-17H2,1,4H3/b11-5-. The molecule has 2 aromatic rings. The number of thiazole rings is 1. The Kier molecular flexibility index (Phi) is 9.38. The van der Waals surface area contributed by atoms with Gasteiger partial charge in [-0.25, -0.2) is 9.78 Å². The molecule has 29 heavy (non-hydrogen) atoms. The minimum Gasteiger partial charge on any atom is -0.494 e. The van der Waals surface area contributed by atoms with Gasteiger partial charge in [-0.05, 0) is 75.9 Å². The van der Waals surface area contributed by atoms with Crippen LogP contribution in [-0.4, -0.2) is 24.2 Å². The zero-order valence-corrected chi connectivity index (χ0v) is 18.1. The third kappa shape index (κ3) is 7.35. The molecule has 1 aromatic heterocycles. The number of rotatable bonds is 12. The van der Waals surface area contributed by atoms with E-state index in [1.165, 1.54) is 0 Å². The molecule has 0 amide bonds. The van der Waals surface area contributed by atoms with E-state index in [2.05, 4.69) is 18.1 Å². The van der Waals surface area contributed by atoms with Crippen LogP contribution in [0.3, 0.4) is 0 Å². The summed E-state index contributed by atoms with van der Waals surface area (Å²) in [6.07, 6.45) is 9.71. The maximum Gasteiger partial charge on any atom is 0.333 e. The van der Waals surface area contributed by atoms with Crippen molar-refractivity contribution in [2.24, 2.45) is 0 Å². The van der Waals surface area contributed by atoms with Crippen LogP contribution in [0.4, 0.5) is 0 Å². The third-order valence-corrected chi connectivity index (χ3v) is 5.30. The zero-order valence-electron chi connectivity index (χ0n) is 17.3. The van der Waals surface area contributed by atoms with Crippen molar-refractivity contribution in [2.45, 2.75) is 39.5 Å². The fourth-order valence-corrected chi connectivity index (χ4v) is 3.53. The minimum atomic E-state index is -0.312. The van der Waals surface area contributed by atoms with Crippen LogP contribution in [0.1, 0.15) is 50.1 Å². The van der Waals surface area contributed by atoms with Crippen LogP contribution in [0.25, 0.3) is 22.7 Å². The van der Waals surface area contributed by atoms with Crippen LogP contribution < -0.4 is 4.74 Å². The summed E-state index contributed by atoms with van der Waals surface area (Å²) < 4.78 is 10.9. The van der Waals surface area contributed by atoms with Gasteiger partial charge in [-0.3, -0.25) is 0 Å². The number of hydrogen-bond acceptors (Lipinski definition) is 5. The Hall–Kier alpha value is -2.66. The van der Waals surface area contributed by atoms with Crippen molar-refractivity contribution in [1.29, 1.82) is 0 Å². The molecule has 0 aliphatic heterocycles. The topological polar surface area (TPSA) is 48.4 Å². The van der Waals surface area contributed by atoms with Crippen LogP contribution in [0, 0.1) is 0 Å². The van der Waals surface area contributed by atoms with Crippen LogP contribution in [0.2, 0.25) is 0 Å². The summed E-state index contributed by atoms with van der Waals surface area (Å²) in [5, 5.41) is 0.979. The van der Waals surface area contributed by atoms with Gasteiger partial charge in [-0.15, -0.1) is 11.3 Å². The molecule has 0 aliphatic rings. The monoisotopic (exact) mass is 411 g/mol. The van der Waals surface area contributed by atoms with Crippen molar-refractivity contribution in [2.75, 3.05) is 13.2 Å². The summed E-state index contributed by atoms with van der Waals surface area (Å²) in [6.45, 7) is 12.2. The fraction of sp³-hybridized carbons (Fsp3) is 0.333. The number of esters is 1. The van der Waals surface area contributed by atoms with E-state index < -0.39 is 0 Å². The summed E-state index contributed by atoms with van der Waals surface area (Å²) in [5.74, 6) is 0.548. The summed E-state index contributed by atoms with van der Waals surface area (Å²) in [5.41, 5.74) is 2.47. The largest absolute Gasteiger partial charge is 0.494 e. The third-order valence-electron chi connectivity index (χ3n) is 4.18. The number of nitrogens with zero attached hydrogens (tertiary/aromatic N) is 1. The predicted octanol–water partition coefficient (Wildman–Crippen LogP) is 6.54. The molecule has 0 saturated carbocycles. The Labute approximate surface area is 177 Å². The number of allylic oxidation sites excluding steroid dienone is 1. The van der Waals surface area contributed by atoms with Crippen LogP contribution in [-0.2, 0) is 9.53 Å². The number of carbonyl (C=O) groups is 1. The van der Waals surface area contributed by atoms with Gasteiger partial charge in [0.15, 0.2) is 0 Å². The molecule has 154 valence electrons. The molecule has 0 bridgehead atoms. The highest BCUT2D eigenvalue weighted by Crippen LogP contribution is 2.30. The van der Waals surface area contributed by atoms with Crippen molar-refractivity contribution < 1.29 is 14.3 Å². The van der Waals surface area contributed by atoms with E-state index in [9.17, 15) is 4.79 Å². The van der Waals surface area contributed by atoms with Gasteiger partial charge in [0.1, 0.15) is 10.8 Å². The fourth-order valence-electron chi connectivity index (χ4n) is 2.62. The maximum absolute atomic E-state index is 11.3. The second-order valence-electron chi connectivity index (χ2n) is 6.68. The number of aromatic nitrogens is 1. The van der Waals surface area contributed by atoms with Gasteiger partial charge in [0.2, 0.25) is 0 Å². The summed E-state index contributed by atoms with van der Waals surface area (Å²) >= 11 is 1.64. The van der Waals surface area contributed by atoms with E-state index in [4.69, 9.17) is 9.47 Å². The van der Waals surface area contributed by atoms with Gasteiger partial charge in [0.25, 0.3) is 0 Å². The molecule has 0 spiro atoms. The van der Waals surface area contributed by atoms with Gasteiger partial charge in [-0.1, -0.05) is 19.2 Å². The molecular weight excluding hydrogens is 382 g/mol. The molecule has 1 heterocycles. The first kappa shape index (κ1) is 22.6. The molecule has 0 N–H and O–H groups in total. The summed E-state index contributed by atoms with van der Waals surface area (Å²) in [4.78, 5) is 17.0. The average Bonchev–Trinajstić information content (AvgIpc) is 3.13. The molecule has 1 aromatic carbocycles. The molecule has 0 aliphatic carbocycles. The van der Waals surface area contributed by atoms with E-state index in [0.29, 0.717) is 18.8 Å². The highest BCUT2D eigenvalue weighted by molar-refractivity contribution is 7.16. The normalized spacial score (nSPS) is 10.8. The van der Waals surface area contributed by atoms with E-state index in [1.807, 2.05) is 49.4 Å². The van der Waals surface area contributed by atoms with Crippen molar-refractivity contribution in [3.05, 3.63) is 59.6 Å². The first-order chi connectivity index (χ1) is 14.0. The Morgan fingerprint density at radius 2 is 1.83 bits per heavy atom. The molecule has 0 saturated heterocycles. The van der Waals surface area contributed by atoms with Crippen molar-refractivity contribution in [1.82, 2.24) is 4.98 Å². The van der Waals surface area contributed by atoms with Crippen molar-refractivity contribution in [3.8, 4) is 16.3 Å². The van der Waals surface area contributed by atoms with Crippen LogP contribution >= 0.6 is 11.3 Å². The minimum absolute atomic E-state index is 0.312. The summed E-state index contributed by atoms with van der Waals surface area (Å²) in [7, 11) is 0. The number of hydrogen-bond donors (Lipinski definition) is 0. The lowest BCUT2D eigenvalue weighted by molar-refractivity contribution is -0.139. The van der Waals surface area contributed by atoms with Gasteiger partial charge in [0.05, 0.1) is 23.8 Å². The van der Waals surface area contributed by atoms with Crippen LogP contribution in [0.5, 0.6) is 5.75 Å². The lowest BCUT2D eigenvalue weighted by atomic mass is 10.2. The molecule has 2 rings (SSSR count). The predicted molar refractivity (Wildman–Crippen MR) is 122 cm³/mol. The Morgan fingerprint density at radius 1 is 1.14 bits per heavy atom. The zero-order chi connectivity index (χ0) is 21.1. The first-order valence-corrected chi connectivity index (χ1v) is 10.7. The number of unbranched alkanes of at least 4 members (excludes halogenated alkanes) is 3. The smallest absolute Gasteiger partial charge is 0.333 e. The second-order valence-corrected chi connectivity index (χ2v) is 7.71. The average molecular weight is 412 g/mol. The number of ether oxygens (including phenoxy) is 2. The van der Waals surface area contributed by atoms with Crippen LogP contribution in [0.15, 0.2) is 49.1 Å². The first-order valence-electron chi connectivity index (χ1n) is 9.87. The van der Waals surface area contributed by atoms with E-state index in [1.54, 1.807) is 18.3 Å². The molecule has 0 radical (unpaired) electrons. The highest BCUT2D eigenvalue weighted by Gasteiger charge is 2.08. The van der Waals surface area contributed by atoms with E-state index >= 15 is 0 Å². The number of carbonyl (C=O) groups excluding carboxylic acids is 1. The van der Waals surface area contributed by atoms with E-state index in [0.717, 1.165) is 52.6 Å². The lowest BCUT2D eigenvalue weighted by Crippen LogP contribution is -2.06. The van der Waals surface area contributed by atoms with Gasteiger partial charge in [-0.2, -0.15) is 0 Å². The molecule has 5 heteroatoms. The highest BCUT2D eigenvalue weighted by atomic mass is 32.1. The van der Waals surface area contributed by atoms with Gasteiger partial charge >= 0.3 is 5.97 Å².